The molecule has 16 heteroatoms. The van der Waals surface area contributed by atoms with E-state index in [-0.39, 0.29) is 72.6 Å². The minimum atomic E-state index is -0.670. The molecule has 0 bridgehead atoms. The summed E-state index contributed by atoms with van der Waals surface area (Å²) >= 11 is 0. The highest BCUT2D eigenvalue weighted by atomic mass is 16.5. The average Bonchev–Trinajstić information content (AvgIpc) is 4.28. The molecular weight excluding hydrogens is 1030 g/mol. The Bertz CT molecular complexity index is 2520. The van der Waals surface area contributed by atoms with Crippen LogP contribution in [0.25, 0.3) is 11.1 Å². The van der Waals surface area contributed by atoms with E-state index in [1.54, 1.807) is 42.2 Å². The van der Waals surface area contributed by atoms with Crippen molar-refractivity contribution in [1.29, 1.82) is 0 Å². The zero-order chi connectivity index (χ0) is 58.1. The van der Waals surface area contributed by atoms with Crippen LogP contribution in [0.5, 0.6) is 0 Å². The summed E-state index contributed by atoms with van der Waals surface area (Å²) in [5.41, 5.74) is 4.93. The van der Waals surface area contributed by atoms with Gasteiger partial charge in [0.05, 0.1) is 36.4 Å². The molecule has 4 aliphatic rings. The smallest absolute Gasteiger partial charge is 0.253 e. The highest BCUT2D eigenvalue weighted by Gasteiger charge is 2.46. The van der Waals surface area contributed by atoms with Gasteiger partial charge in [0.25, 0.3) is 11.8 Å². The van der Waals surface area contributed by atoms with E-state index in [4.69, 9.17) is 9.47 Å². The molecule has 8 rings (SSSR count). The number of carbonyl (C=O) groups is 6. The fourth-order valence-electron chi connectivity index (χ4n) is 12.8. The monoisotopic (exact) mass is 1120 g/mol. The molecule has 2 aliphatic carbocycles. The van der Waals surface area contributed by atoms with Gasteiger partial charge in [0.1, 0.15) is 12.1 Å². The Hall–Kier alpha value is -6.46. The summed E-state index contributed by atoms with van der Waals surface area (Å²) in [7, 11) is 6.80. The lowest BCUT2D eigenvalue weighted by atomic mass is 9.83. The maximum Gasteiger partial charge on any atom is 0.253 e. The summed E-state index contributed by atoms with van der Waals surface area (Å²) in [6, 6.07) is 32.1. The topological polar surface area (TPSA) is 182 Å². The molecule has 2 saturated heterocycles. The second kappa shape index (κ2) is 30.2. The first-order chi connectivity index (χ1) is 39.8. The summed E-state index contributed by atoms with van der Waals surface area (Å²) in [6.45, 7) is 5.84. The van der Waals surface area contributed by atoms with Crippen molar-refractivity contribution in [3.63, 3.8) is 0 Å². The summed E-state index contributed by atoms with van der Waals surface area (Å²) < 4.78 is 12.1. The molecule has 2 saturated carbocycles. The lowest BCUT2D eigenvalue weighted by Gasteiger charge is -2.38. The van der Waals surface area contributed by atoms with Crippen LogP contribution in [0.1, 0.15) is 123 Å². The molecule has 6 amide bonds. The van der Waals surface area contributed by atoms with Gasteiger partial charge in [0, 0.05) is 64.6 Å². The molecule has 4 aromatic rings. The van der Waals surface area contributed by atoms with Crippen molar-refractivity contribution in [2.45, 2.75) is 152 Å². The number of amides is 6. The largest absolute Gasteiger partial charge is 0.379 e. The predicted octanol–water partition coefficient (Wildman–Crippen LogP) is 7.30. The Morgan fingerprint density at radius 2 is 0.854 bits per heavy atom. The molecule has 0 unspecified atom stereocenters. The van der Waals surface area contributed by atoms with E-state index in [1.165, 1.54) is 0 Å². The van der Waals surface area contributed by atoms with Crippen LogP contribution in [0.3, 0.4) is 0 Å². The molecule has 4 aromatic carbocycles. The average molecular weight is 1120 g/mol. The van der Waals surface area contributed by atoms with Crippen LogP contribution >= 0.6 is 0 Å². The fraction of sp³-hybridized carbons (Fsp3) is 0.545. The van der Waals surface area contributed by atoms with Gasteiger partial charge in [0.2, 0.25) is 23.6 Å². The molecule has 2 heterocycles. The molecule has 2 aliphatic heterocycles. The first-order valence-corrected chi connectivity index (χ1v) is 30.3. The molecule has 4 N–H and O–H groups in total. The Morgan fingerprint density at radius 1 is 0.500 bits per heavy atom. The molecule has 0 radical (unpaired) electrons. The number of nitrogens with zero attached hydrogens (tertiary/aromatic N) is 4. The highest BCUT2D eigenvalue weighted by Crippen LogP contribution is 2.33. The minimum Gasteiger partial charge on any atom is -0.379 e. The molecular formula is C66H90N8O8. The lowest BCUT2D eigenvalue weighted by Crippen LogP contribution is -2.58. The summed E-state index contributed by atoms with van der Waals surface area (Å²) in [4.78, 5) is 93.6. The third-order valence-electron chi connectivity index (χ3n) is 18.2. The van der Waals surface area contributed by atoms with E-state index in [2.05, 4.69) is 45.5 Å². The number of ether oxygens (including phenoxy) is 2. The van der Waals surface area contributed by atoms with Crippen LogP contribution in [-0.4, -0.2) is 171 Å². The summed E-state index contributed by atoms with van der Waals surface area (Å²) in [6.07, 6.45) is 11.6. The number of benzene rings is 4. The van der Waals surface area contributed by atoms with E-state index in [9.17, 15) is 28.8 Å². The number of hydrogen-bond donors (Lipinski definition) is 4. The van der Waals surface area contributed by atoms with Gasteiger partial charge in [-0.2, -0.15) is 0 Å². The fourth-order valence-corrected chi connectivity index (χ4v) is 12.8. The first kappa shape index (κ1) is 61.6. The van der Waals surface area contributed by atoms with Gasteiger partial charge in [0.15, 0.2) is 0 Å². The van der Waals surface area contributed by atoms with Crippen LogP contribution < -0.4 is 21.3 Å². The maximum atomic E-state index is 14.9. The second-order valence-corrected chi connectivity index (χ2v) is 23.2. The molecule has 8 atom stereocenters. The quantitative estimate of drug-likeness (QED) is 0.0526. The number of likely N-dealkylation sites (tertiary alicyclic amines) is 2. The Balaban J connectivity index is 1.01. The second-order valence-electron chi connectivity index (χ2n) is 23.2. The van der Waals surface area contributed by atoms with Crippen LogP contribution in [0.4, 0.5) is 0 Å². The number of nitrogens with one attached hydrogen (secondary N) is 4. The van der Waals surface area contributed by atoms with Crippen molar-refractivity contribution in [3.8, 4) is 11.1 Å². The van der Waals surface area contributed by atoms with Crippen LogP contribution in [0.2, 0.25) is 0 Å². The minimum absolute atomic E-state index is 0.0255. The van der Waals surface area contributed by atoms with Gasteiger partial charge in [-0.25, -0.2) is 0 Å². The Morgan fingerprint density at radius 3 is 1.18 bits per heavy atom. The molecule has 0 spiro atoms. The molecule has 442 valence electrons. The number of likely N-dealkylation sites (N-methyl/N-ethyl adjacent to an activating group) is 2. The van der Waals surface area contributed by atoms with E-state index >= 15 is 0 Å². The van der Waals surface area contributed by atoms with E-state index in [1.807, 2.05) is 105 Å². The standard InChI is InChI=1S/C66H90N8O8/c1-45(67-3)61(75)69-59(51-23-15-9-16-24-51)65(79)73-41-37-57(81-5)55(73)43-71(39-35-47-19-11-7-12-20-47)63(77)53-31-27-49(28-32-53)50-29-33-54(34-30-50)64(78)72(40-36-48-21-13-8-14-22-48)44-56-58(82-6)38-42-74(56)66(80)60(52-25-17-10-18-26-52)70-62(76)46(2)68-4/h7-8,11-14,19-22,27-34,45-46,51-52,55-60,67-68H,9-10,15-18,23-26,35-44H2,1-6H3,(H,69,75)(H,70,76)/t45-,46-,55+,56+,57-,58-,59-,60-/m0/s1. The van der Waals surface area contributed by atoms with E-state index in [0.717, 1.165) is 86.5 Å². The highest BCUT2D eigenvalue weighted by molar-refractivity contribution is 5.96. The Labute approximate surface area is 486 Å². The number of hydrogen-bond acceptors (Lipinski definition) is 10. The number of carbonyl (C=O) groups excluding carboxylic acids is 6. The molecule has 16 nitrogen and oxygen atoms in total. The van der Waals surface area contributed by atoms with Crippen molar-refractivity contribution in [1.82, 2.24) is 40.9 Å². The third kappa shape index (κ3) is 15.6. The van der Waals surface area contributed by atoms with Crippen LogP contribution in [-0.2, 0) is 41.5 Å². The SMILES string of the molecule is CN[C@@H](C)C(=O)N[C@H](C(=O)N1CC[C@H](OC)[C@H]1CN(CCc1ccccc1)C(=O)c1ccc(-c2ccc(C(=O)N(CCc3ccccc3)C[C@@H]3[C@@H](OC)CCN3C(=O)[C@@H](NC(=O)[C@H](C)NC)C3CCCCC3)cc2)cc1)C1CCCCC1. The van der Waals surface area contributed by atoms with Gasteiger partial charge in [-0.05, 0) is 138 Å². The van der Waals surface area contributed by atoms with Gasteiger partial charge < -0.3 is 50.3 Å². The van der Waals surface area contributed by atoms with Gasteiger partial charge in [-0.1, -0.05) is 123 Å². The van der Waals surface area contributed by atoms with Crippen molar-refractivity contribution >= 4 is 35.4 Å². The number of rotatable bonds is 25. The summed E-state index contributed by atoms with van der Waals surface area (Å²) in [5, 5.41) is 12.3. The molecule has 0 aromatic heterocycles. The molecule has 82 heavy (non-hydrogen) atoms. The maximum absolute atomic E-state index is 14.9. The zero-order valence-electron chi connectivity index (χ0n) is 49.4. The van der Waals surface area contributed by atoms with Crippen molar-refractivity contribution in [3.05, 3.63) is 131 Å². The van der Waals surface area contributed by atoms with E-state index < -0.39 is 36.3 Å². The zero-order valence-corrected chi connectivity index (χ0v) is 49.4. The van der Waals surface area contributed by atoms with Crippen molar-refractivity contribution in [2.75, 3.05) is 67.6 Å². The van der Waals surface area contributed by atoms with Gasteiger partial charge in [-0.15, -0.1) is 0 Å². The van der Waals surface area contributed by atoms with Gasteiger partial charge >= 0.3 is 0 Å². The normalized spacial score (nSPS) is 21.0. The van der Waals surface area contributed by atoms with Crippen LogP contribution in [0, 0.1) is 11.8 Å². The van der Waals surface area contributed by atoms with E-state index in [0.29, 0.717) is 63.0 Å². The lowest BCUT2D eigenvalue weighted by molar-refractivity contribution is -0.140. The van der Waals surface area contributed by atoms with Crippen LogP contribution in [0.15, 0.2) is 109 Å². The van der Waals surface area contributed by atoms with Crippen molar-refractivity contribution < 1.29 is 38.2 Å². The predicted molar refractivity (Wildman–Crippen MR) is 320 cm³/mol. The number of methoxy groups -OCH3 is 2. The Kier molecular flexibility index (Phi) is 22.7. The van der Waals surface area contributed by atoms with Crippen molar-refractivity contribution in [2.24, 2.45) is 11.8 Å². The van der Waals surface area contributed by atoms with Gasteiger partial charge in [-0.3, -0.25) is 28.8 Å². The molecule has 4 fully saturated rings. The summed E-state index contributed by atoms with van der Waals surface area (Å²) in [5.74, 6) is -0.925. The first-order valence-electron chi connectivity index (χ1n) is 30.3. The third-order valence-corrected chi connectivity index (χ3v) is 18.2.